The number of urea groups is 1. The molecule has 0 atom stereocenters. The maximum absolute atomic E-state index is 11.8. The molecule has 0 bridgehead atoms. The van der Waals surface area contributed by atoms with Crippen LogP contribution in [-0.4, -0.2) is 39.5 Å². The van der Waals surface area contributed by atoms with E-state index in [4.69, 9.17) is 4.74 Å². The SMILES string of the molecule is COCC1(CNC(=O)NCCCF)CCC1. The van der Waals surface area contributed by atoms with Crippen molar-refractivity contribution in [3.63, 3.8) is 0 Å². The first-order valence-corrected chi connectivity index (χ1v) is 5.79. The van der Waals surface area contributed by atoms with Crippen LogP contribution < -0.4 is 10.6 Å². The van der Waals surface area contributed by atoms with Crippen molar-refractivity contribution >= 4 is 6.03 Å². The Balaban J connectivity index is 2.14. The van der Waals surface area contributed by atoms with E-state index in [1.165, 1.54) is 6.42 Å². The molecule has 94 valence electrons. The van der Waals surface area contributed by atoms with Crippen LogP contribution in [0.5, 0.6) is 0 Å². The first kappa shape index (κ1) is 13.2. The highest BCUT2D eigenvalue weighted by atomic mass is 19.1. The largest absolute Gasteiger partial charge is 0.384 e. The molecule has 0 heterocycles. The standard InChI is InChI=1S/C11H21FN2O2/c1-16-9-11(4-2-5-11)8-14-10(15)13-7-3-6-12/h2-9H2,1H3,(H2,13,14,15). The van der Waals surface area contributed by atoms with Crippen molar-refractivity contribution in [3.8, 4) is 0 Å². The van der Waals surface area contributed by atoms with Gasteiger partial charge in [0.1, 0.15) is 0 Å². The lowest BCUT2D eigenvalue weighted by Gasteiger charge is -2.41. The number of rotatable bonds is 7. The Morgan fingerprint density at radius 1 is 1.44 bits per heavy atom. The molecule has 1 aliphatic rings. The smallest absolute Gasteiger partial charge is 0.314 e. The van der Waals surface area contributed by atoms with Crippen molar-refractivity contribution in [3.05, 3.63) is 0 Å². The van der Waals surface area contributed by atoms with Crippen molar-refractivity contribution < 1.29 is 13.9 Å². The van der Waals surface area contributed by atoms with Crippen LogP contribution in [-0.2, 0) is 4.74 Å². The quantitative estimate of drug-likeness (QED) is 0.653. The lowest BCUT2D eigenvalue weighted by atomic mass is 9.69. The van der Waals surface area contributed by atoms with Crippen LogP contribution in [0.3, 0.4) is 0 Å². The van der Waals surface area contributed by atoms with Gasteiger partial charge in [-0.25, -0.2) is 4.79 Å². The molecule has 0 aromatic carbocycles. The minimum absolute atomic E-state index is 0.131. The van der Waals surface area contributed by atoms with E-state index < -0.39 is 6.67 Å². The van der Waals surface area contributed by atoms with Gasteiger partial charge in [0, 0.05) is 25.6 Å². The lowest BCUT2D eigenvalue weighted by molar-refractivity contribution is 0.0200. The molecule has 0 aromatic rings. The predicted molar refractivity (Wildman–Crippen MR) is 60.2 cm³/mol. The second-order valence-electron chi connectivity index (χ2n) is 4.44. The zero-order chi connectivity index (χ0) is 11.9. The number of hydrogen-bond acceptors (Lipinski definition) is 2. The van der Waals surface area contributed by atoms with E-state index in [0.29, 0.717) is 26.1 Å². The van der Waals surface area contributed by atoms with Crippen molar-refractivity contribution in [1.29, 1.82) is 0 Å². The molecule has 5 heteroatoms. The summed E-state index contributed by atoms with van der Waals surface area (Å²) in [6.45, 7) is 1.33. The highest BCUT2D eigenvalue weighted by molar-refractivity contribution is 5.73. The van der Waals surface area contributed by atoms with Gasteiger partial charge in [0.05, 0.1) is 13.3 Å². The summed E-state index contributed by atoms with van der Waals surface area (Å²) in [7, 11) is 1.68. The van der Waals surface area contributed by atoms with Gasteiger partial charge in [0.15, 0.2) is 0 Å². The van der Waals surface area contributed by atoms with Gasteiger partial charge in [-0.3, -0.25) is 4.39 Å². The minimum atomic E-state index is -0.395. The Kier molecular flexibility index (Phi) is 5.52. The number of nitrogens with one attached hydrogen (secondary N) is 2. The first-order chi connectivity index (χ1) is 7.72. The van der Waals surface area contributed by atoms with Gasteiger partial charge in [-0.15, -0.1) is 0 Å². The van der Waals surface area contributed by atoms with Gasteiger partial charge in [-0.2, -0.15) is 0 Å². The fraction of sp³-hybridized carbons (Fsp3) is 0.909. The predicted octanol–water partition coefficient (Wildman–Crippen LogP) is 1.46. The second kappa shape index (κ2) is 6.68. The number of alkyl halides is 1. The maximum atomic E-state index is 11.8. The summed E-state index contributed by atoms with van der Waals surface area (Å²) in [5, 5.41) is 5.43. The molecule has 0 radical (unpaired) electrons. The van der Waals surface area contributed by atoms with Crippen LogP contribution >= 0.6 is 0 Å². The number of amides is 2. The molecule has 0 unspecified atom stereocenters. The van der Waals surface area contributed by atoms with E-state index in [0.717, 1.165) is 12.8 Å². The van der Waals surface area contributed by atoms with Gasteiger partial charge in [0.25, 0.3) is 0 Å². The van der Waals surface area contributed by atoms with Crippen LogP contribution in [0.15, 0.2) is 0 Å². The first-order valence-electron chi connectivity index (χ1n) is 5.79. The molecule has 0 spiro atoms. The van der Waals surface area contributed by atoms with Gasteiger partial charge in [-0.05, 0) is 19.3 Å². The van der Waals surface area contributed by atoms with Gasteiger partial charge >= 0.3 is 6.03 Å². The van der Waals surface area contributed by atoms with Crippen molar-refractivity contribution in [2.24, 2.45) is 5.41 Å². The number of halogens is 1. The summed E-state index contributed by atoms with van der Waals surface area (Å²) in [5.74, 6) is 0. The van der Waals surface area contributed by atoms with Crippen LogP contribution in [0.25, 0.3) is 0 Å². The van der Waals surface area contributed by atoms with Crippen molar-refractivity contribution in [1.82, 2.24) is 10.6 Å². The molecule has 2 amide bonds. The van der Waals surface area contributed by atoms with Crippen LogP contribution in [0.1, 0.15) is 25.7 Å². The summed E-state index contributed by atoms with van der Waals surface area (Å²) in [5.41, 5.74) is 0.131. The Hall–Kier alpha value is -0.840. The van der Waals surface area contributed by atoms with Crippen molar-refractivity contribution in [2.45, 2.75) is 25.7 Å². The molecule has 0 saturated heterocycles. The van der Waals surface area contributed by atoms with E-state index in [9.17, 15) is 9.18 Å². The topological polar surface area (TPSA) is 50.4 Å². The Bertz CT molecular complexity index is 220. The number of ether oxygens (including phenoxy) is 1. The van der Waals surface area contributed by atoms with E-state index in [2.05, 4.69) is 10.6 Å². The highest BCUT2D eigenvalue weighted by Gasteiger charge is 2.37. The molecule has 4 nitrogen and oxygen atoms in total. The molecular weight excluding hydrogens is 211 g/mol. The maximum Gasteiger partial charge on any atom is 0.314 e. The highest BCUT2D eigenvalue weighted by Crippen LogP contribution is 2.40. The summed E-state index contributed by atoms with van der Waals surface area (Å²) in [4.78, 5) is 11.3. The van der Waals surface area contributed by atoms with Gasteiger partial charge in [-0.1, -0.05) is 6.42 Å². The average molecular weight is 232 g/mol. The third-order valence-corrected chi connectivity index (χ3v) is 3.08. The number of hydrogen-bond donors (Lipinski definition) is 2. The fourth-order valence-corrected chi connectivity index (χ4v) is 1.95. The molecule has 2 N–H and O–H groups in total. The van der Waals surface area contributed by atoms with Gasteiger partial charge in [0.2, 0.25) is 0 Å². The third kappa shape index (κ3) is 3.96. The molecular formula is C11H21FN2O2. The zero-order valence-electron chi connectivity index (χ0n) is 9.85. The van der Waals surface area contributed by atoms with Crippen LogP contribution in [0, 0.1) is 5.41 Å². The summed E-state index contributed by atoms with van der Waals surface area (Å²) in [6.07, 6.45) is 3.78. The number of methoxy groups -OCH3 is 1. The van der Waals surface area contributed by atoms with E-state index in [1.54, 1.807) is 7.11 Å². The van der Waals surface area contributed by atoms with E-state index >= 15 is 0 Å². The molecule has 1 aliphatic carbocycles. The third-order valence-electron chi connectivity index (χ3n) is 3.08. The molecule has 16 heavy (non-hydrogen) atoms. The number of carbonyl (C=O) groups is 1. The average Bonchev–Trinajstić information content (AvgIpc) is 2.22. The lowest BCUT2D eigenvalue weighted by Crippen LogP contribution is -2.47. The van der Waals surface area contributed by atoms with Crippen molar-refractivity contribution in [2.75, 3.05) is 33.5 Å². The Labute approximate surface area is 95.9 Å². The monoisotopic (exact) mass is 232 g/mol. The molecule has 0 aliphatic heterocycles. The molecule has 0 aromatic heterocycles. The summed E-state index contributed by atoms with van der Waals surface area (Å²) < 4.78 is 17.0. The summed E-state index contributed by atoms with van der Waals surface area (Å²) >= 11 is 0. The Morgan fingerprint density at radius 3 is 2.69 bits per heavy atom. The van der Waals surface area contributed by atoms with Crippen LogP contribution in [0.2, 0.25) is 0 Å². The van der Waals surface area contributed by atoms with E-state index in [-0.39, 0.29) is 11.4 Å². The minimum Gasteiger partial charge on any atom is -0.384 e. The molecule has 1 rings (SSSR count). The molecule has 1 fully saturated rings. The zero-order valence-corrected chi connectivity index (χ0v) is 9.85. The fourth-order valence-electron chi connectivity index (χ4n) is 1.95. The van der Waals surface area contributed by atoms with Gasteiger partial charge < -0.3 is 15.4 Å². The van der Waals surface area contributed by atoms with E-state index in [1.807, 2.05) is 0 Å². The molecule has 1 saturated carbocycles. The van der Waals surface area contributed by atoms with Crippen LogP contribution in [0.4, 0.5) is 9.18 Å². The number of carbonyl (C=O) groups excluding carboxylic acids is 1. The Morgan fingerprint density at radius 2 is 2.19 bits per heavy atom. The summed E-state index contributed by atoms with van der Waals surface area (Å²) in [6, 6.07) is -0.212. The second-order valence-corrected chi connectivity index (χ2v) is 4.44. The normalized spacial score (nSPS) is 17.6.